The second-order valence-corrected chi connectivity index (χ2v) is 5.11. The monoisotopic (exact) mass is 338 g/mol. The van der Waals surface area contributed by atoms with Crippen LogP contribution >= 0.6 is 0 Å². The number of ether oxygens (including phenoxy) is 2. The maximum atomic E-state index is 12.6. The molecule has 0 bridgehead atoms. The number of carbonyl (C=O) groups excluding carboxylic acids is 2. The lowest BCUT2D eigenvalue weighted by atomic mass is 9.79. The summed E-state index contributed by atoms with van der Waals surface area (Å²) in [5, 5.41) is 10.8. The molecule has 0 fully saturated rings. The van der Waals surface area contributed by atoms with E-state index >= 15 is 0 Å². The Morgan fingerprint density at radius 1 is 1.17 bits per heavy atom. The number of nitrogens with zero attached hydrogens (tertiary/aromatic N) is 2. The second-order valence-electron chi connectivity index (χ2n) is 5.11. The van der Waals surface area contributed by atoms with Crippen LogP contribution in [-0.4, -0.2) is 35.1 Å². The summed E-state index contributed by atoms with van der Waals surface area (Å²) in [6.07, 6.45) is 2.49. The van der Waals surface area contributed by atoms with Gasteiger partial charge in [0.25, 0.3) is 5.69 Å². The first-order chi connectivity index (χ1) is 11.4. The molecule has 0 aliphatic heterocycles. The van der Waals surface area contributed by atoms with Crippen LogP contribution < -0.4 is 0 Å². The molecule has 132 valence electrons. The van der Waals surface area contributed by atoms with Gasteiger partial charge in [-0.3, -0.25) is 24.7 Å². The van der Waals surface area contributed by atoms with E-state index in [0.717, 1.165) is 12.6 Å². The summed E-state index contributed by atoms with van der Waals surface area (Å²) in [5.74, 6) is -1.50. The SMILES string of the molecule is CCCCC(C(=O)OCC)(C(=O)OCC)c1ccc([N+](=O)[O-])cn1. The van der Waals surface area contributed by atoms with Crippen LogP contribution in [0.15, 0.2) is 18.3 Å². The number of hydrogen-bond acceptors (Lipinski definition) is 7. The van der Waals surface area contributed by atoms with Crippen molar-refractivity contribution >= 4 is 17.6 Å². The van der Waals surface area contributed by atoms with Gasteiger partial charge < -0.3 is 9.47 Å². The molecule has 1 aromatic heterocycles. The van der Waals surface area contributed by atoms with Crippen molar-refractivity contribution in [2.45, 2.75) is 45.4 Å². The van der Waals surface area contributed by atoms with Crippen molar-refractivity contribution in [1.29, 1.82) is 0 Å². The predicted octanol–water partition coefficient (Wildman–Crippen LogP) is 2.54. The highest BCUT2D eigenvalue weighted by molar-refractivity contribution is 6.06. The Labute approximate surface area is 140 Å². The van der Waals surface area contributed by atoms with Gasteiger partial charge in [0.1, 0.15) is 6.20 Å². The molecular formula is C16H22N2O6. The van der Waals surface area contributed by atoms with Crippen LogP contribution in [-0.2, 0) is 24.5 Å². The first kappa shape index (κ1) is 19.5. The predicted molar refractivity (Wildman–Crippen MR) is 85.4 cm³/mol. The molecule has 8 heteroatoms. The fourth-order valence-corrected chi connectivity index (χ4v) is 2.32. The minimum atomic E-state index is -1.71. The van der Waals surface area contributed by atoms with Crippen LogP contribution in [0.5, 0.6) is 0 Å². The number of aromatic nitrogens is 1. The summed E-state index contributed by atoms with van der Waals surface area (Å²) in [5.41, 5.74) is -1.84. The Kier molecular flexibility index (Phi) is 7.29. The van der Waals surface area contributed by atoms with Crippen molar-refractivity contribution < 1.29 is 24.0 Å². The zero-order valence-electron chi connectivity index (χ0n) is 14.1. The smallest absolute Gasteiger partial charge is 0.329 e. The molecule has 0 aromatic carbocycles. The van der Waals surface area contributed by atoms with Gasteiger partial charge in [0.15, 0.2) is 0 Å². The van der Waals surface area contributed by atoms with Gasteiger partial charge in [0.05, 0.1) is 23.8 Å². The third-order valence-electron chi connectivity index (χ3n) is 3.55. The number of unbranched alkanes of at least 4 members (excludes halogenated alkanes) is 1. The van der Waals surface area contributed by atoms with Crippen molar-refractivity contribution in [1.82, 2.24) is 4.98 Å². The molecule has 0 spiro atoms. The number of carbonyl (C=O) groups is 2. The van der Waals surface area contributed by atoms with Gasteiger partial charge in [-0.2, -0.15) is 0 Å². The van der Waals surface area contributed by atoms with Crippen molar-refractivity contribution in [3.8, 4) is 0 Å². The average Bonchev–Trinajstić information content (AvgIpc) is 2.56. The number of nitro groups is 1. The van der Waals surface area contributed by atoms with Crippen LogP contribution in [0.4, 0.5) is 5.69 Å². The lowest BCUT2D eigenvalue weighted by Gasteiger charge is -2.28. The van der Waals surface area contributed by atoms with Gasteiger partial charge >= 0.3 is 11.9 Å². The van der Waals surface area contributed by atoms with E-state index in [0.29, 0.717) is 6.42 Å². The maximum absolute atomic E-state index is 12.6. The van der Waals surface area contributed by atoms with E-state index < -0.39 is 22.3 Å². The highest BCUT2D eigenvalue weighted by atomic mass is 16.6. The van der Waals surface area contributed by atoms with Gasteiger partial charge in [0.2, 0.25) is 5.41 Å². The highest BCUT2D eigenvalue weighted by Crippen LogP contribution is 2.33. The molecule has 1 rings (SSSR count). The van der Waals surface area contributed by atoms with Crippen molar-refractivity contribution in [3.05, 3.63) is 34.1 Å². The molecule has 0 unspecified atom stereocenters. The van der Waals surface area contributed by atoms with E-state index in [9.17, 15) is 19.7 Å². The summed E-state index contributed by atoms with van der Waals surface area (Å²) in [7, 11) is 0. The molecule has 0 saturated carbocycles. The molecule has 1 heterocycles. The zero-order chi connectivity index (χ0) is 18.2. The quantitative estimate of drug-likeness (QED) is 0.294. The summed E-state index contributed by atoms with van der Waals surface area (Å²) in [4.78, 5) is 39.4. The summed E-state index contributed by atoms with van der Waals surface area (Å²) < 4.78 is 10.2. The third-order valence-corrected chi connectivity index (χ3v) is 3.55. The molecule has 0 aliphatic carbocycles. The Morgan fingerprint density at radius 2 is 1.75 bits per heavy atom. The Bertz CT molecular complexity index is 567. The lowest BCUT2D eigenvalue weighted by Crippen LogP contribution is -2.47. The van der Waals surface area contributed by atoms with E-state index in [2.05, 4.69) is 4.98 Å². The van der Waals surface area contributed by atoms with Gasteiger partial charge in [-0.15, -0.1) is 0 Å². The number of rotatable bonds is 9. The standard InChI is InChI=1S/C16H22N2O6/c1-4-7-10-16(14(19)23-5-2,15(20)24-6-3)13-9-8-12(11-17-13)18(21)22/h8-9,11H,4-7,10H2,1-3H3. The Morgan fingerprint density at radius 3 is 2.12 bits per heavy atom. The van der Waals surface area contributed by atoms with E-state index in [1.807, 2.05) is 6.92 Å². The van der Waals surface area contributed by atoms with Crippen LogP contribution in [0.2, 0.25) is 0 Å². The minimum absolute atomic E-state index is 0.0958. The molecule has 0 atom stereocenters. The first-order valence-corrected chi connectivity index (χ1v) is 7.89. The van der Waals surface area contributed by atoms with Crippen LogP contribution in [0.25, 0.3) is 0 Å². The molecule has 0 amide bonds. The van der Waals surface area contributed by atoms with Crippen LogP contribution in [0.1, 0.15) is 45.7 Å². The van der Waals surface area contributed by atoms with Gasteiger partial charge in [-0.25, -0.2) is 0 Å². The second kappa shape index (κ2) is 8.95. The number of hydrogen-bond donors (Lipinski definition) is 0. The Hall–Kier alpha value is -2.51. The molecular weight excluding hydrogens is 316 g/mol. The summed E-state index contributed by atoms with van der Waals surface area (Å²) >= 11 is 0. The summed E-state index contributed by atoms with van der Waals surface area (Å²) in [6, 6.07) is 2.52. The van der Waals surface area contributed by atoms with Crippen LogP contribution in [0, 0.1) is 10.1 Å². The maximum Gasteiger partial charge on any atom is 0.329 e. The van der Waals surface area contributed by atoms with E-state index in [-0.39, 0.29) is 31.0 Å². The van der Waals surface area contributed by atoms with Crippen molar-refractivity contribution in [3.63, 3.8) is 0 Å². The first-order valence-electron chi connectivity index (χ1n) is 7.89. The summed E-state index contributed by atoms with van der Waals surface area (Å²) in [6.45, 7) is 5.39. The van der Waals surface area contributed by atoms with E-state index in [4.69, 9.17) is 9.47 Å². The third kappa shape index (κ3) is 4.06. The number of pyridine rings is 1. The molecule has 1 aromatic rings. The molecule has 0 N–H and O–H groups in total. The fourth-order valence-electron chi connectivity index (χ4n) is 2.32. The van der Waals surface area contributed by atoms with E-state index in [1.165, 1.54) is 12.1 Å². The zero-order valence-corrected chi connectivity index (χ0v) is 14.1. The Balaban J connectivity index is 3.43. The van der Waals surface area contributed by atoms with Gasteiger partial charge in [-0.1, -0.05) is 19.8 Å². The van der Waals surface area contributed by atoms with Crippen molar-refractivity contribution in [2.75, 3.05) is 13.2 Å². The lowest BCUT2D eigenvalue weighted by molar-refractivity contribution is -0.385. The number of esters is 2. The highest BCUT2D eigenvalue weighted by Gasteiger charge is 2.51. The molecule has 0 aliphatic rings. The molecule has 0 radical (unpaired) electrons. The topological polar surface area (TPSA) is 109 Å². The molecule has 8 nitrogen and oxygen atoms in total. The normalized spacial score (nSPS) is 11.0. The molecule has 0 saturated heterocycles. The van der Waals surface area contributed by atoms with Crippen molar-refractivity contribution in [2.24, 2.45) is 0 Å². The van der Waals surface area contributed by atoms with Gasteiger partial charge in [0, 0.05) is 6.07 Å². The fraction of sp³-hybridized carbons (Fsp3) is 0.562. The van der Waals surface area contributed by atoms with E-state index in [1.54, 1.807) is 13.8 Å². The molecule has 24 heavy (non-hydrogen) atoms. The largest absolute Gasteiger partial charge is 0.465 e. The van der Waals surface area contributed by atoms with Crippen LogP contribution in [0.3, 0.4) is 0 Å². The van der Waals surface area contributed by atoms with Gasteiger partial charge in [-0.05, 0) is 26.3 Å². The minimum Gasteiger partial charge on any atom is -0.465 e. The average molecular weight is 338 g/mol.